The third-order valence-electron chi connectivity index (χ3n) is 1.97. The second-order valence-corrected chi connectivity index (χ2v) is 3.94. The number of ether oxygens (including phenoxy) is 1. The van der Waals surface area contributed by atoms with Crippen molar-refractivity contribution in [1.29, 1.82) is 0 Å². The summed E-state index contributed by atoms with van der Waals surface area (Å²) in [5, 5.41) is 3.24. The van der Waals surface area contributed by atoms with Gasteiger partial charge in [-0.3, -0.25) is 4.79 Å². The van der Waals surface area contributed by atoms with Crippen LogP contribution in [0.5, 0.6) is 0 Å². The second-order valence-electron chi connectivity index (χ2n) is 3.09. The van der Waals surface area contributed by atoms with E-state index < -0.39 is 0 Å². The van der Waals surface area contributed by atoms with Crippen molar-refractivity contribution in [3.63, 3.8) is 0 Å². The van der Waals surface area contributed by atoms with E-state index in [0.717, 1.165) is 23.1 Å². The highest BCUT2D eigenvalue weighted by molar-refractivity contribution is 9.10. The van der Waals surface area contributed by atoms with Gasteiger partial charge in [-0.15, -0.1) is 0 Å². The highest BCUT2D eigenvalue weighted by Gasteiger charge is 2.00. The van der Waals surface area contributed by atoms with Crippen molar-refractivity contribution in [2.24, 2.45) is 0 Å². The largest absolute Gasteiger partial charge is 0.469 e. The molecule has 0 radical (unpaired) electrons. The number of methoxy groups -OCH3 is 1. The number of anilines is 1. The monoisotopic (exact) mass is 271 g/mol. The van der Waals surface area contributed by atoms with Gasteiger partial charge in [-0.05, 0) is 34.5 Å². The van der Waals surface area contributed by atoms with Gasteiger partial charge in [-0.25, -0.2) is 0 Å². The van der Waals surface area contributed by atoms with Crippen LogP contribution in [0.2, 0.25) is 0 Å². The standard InChI is InChI=1S/C11H14BrNO2/c1-15-11(14)7-4-8-13-10-6-3-2-5-9(10)12/h2-3,5-6,13H,4,7-8H2,1H3. The van der Waals surface area contributed by atoms with Crippen molar-refractivity contribution in [3.05, 3.63) is 28.7 Å². The Kier molecular flexibility index (Phi) is 5.18. The molecule has 0 aromatic heterocycles. The predicted octanol–water partition coefficient (Wildman–Crippen LogP) is 2.81. The van der Waals surface area contributed by atoms with E-state index in [-0.39, 0.29) is 5.97 Å². The van der Waals surface area contributed by atoms with Crippen molar-refractivity contribution in [2.45, 2.75) is 12.8 Å². The third-order valence-corrected chi connectivity index (χ3v) is 2.67. The second kappa shape index (κ2) is 6.45. The van der Waals surface area contributed by atoms with Crippen LogP contribution in [-0.4, -0.2) is 19.6 Å². The fourth-order valence-corrected chi connectivity index (χ4v) is 1.59. The van der Waals surface area contributed by atoms with Gasteiger partial charge >= 0.3 is 5.97 Å². The molecule has 3 nitrogen and oxygen atoms in total. The molecule has 0 aliphatic heterocycles. The number of carbonyl (C=O) groups excluding carboxylic acids is 1. The average molecular weight is 272 g/mol. The minimum atomic E-state index is -0.163. The zero-order chi connectivity index (χ0) is 11.1. The molecule has 0 aliphatic rings. The van der Waals surface area contributed by atoms with Crippen molar-refractivity contribution in [2.75, 3.05) is 19.0 Å². The Bertz CT molecular complexity index is 328. The summed E-state index contributed by atoms with van der Waals surface area (Å²) in [5.74, 6) is -0.163. The molecule has 0 spiro atoms. The molecule has 0 saturated carbocycles. The molecule has 1 rings (SSSR count). The van der Waals surface area contributed by atoms with Gasteiger partial charge in [0.2, 0.25) is 0 Å². The van der Waals surface area contributed by atoms with Crippen molar-refractivity contribution in [3.8, 4) is 0 Å². The van der Waals surface area contributed by atoms with E-state index in [2.05, 4.69) is 26.0 Å². The fraction of sp³-hybridized carbons (Fsp3) is 0.364. The number of nitrogens with one attached hydrogen (secondary N) is 1. The van der Waals surface area contributed by atoms with E-state index in [1.165, 1.54) is 7.11 Å². The normalized spacial score (nSPS) is 9.73. The summed E-state index contributed by atoms with van der Waals surface area (Å²) in [4.78, 5) is 10.8. The minimum absolute atomic E-state index is 0.163. The molecule has 0 heterocycles. The lowest BCUT2D eigenvalue weighted by atomic mass is 10.3. The average Bonchev–Trinajstić information content (AvgIpc) is 2.26. The molecule has 0 fully saturated rings. The highest BCUT2D eigenvalue weighted by Crippen LogP contribution is 2.20. The van der Waals surface area contributed by atoms with Crippen LogP contribution in [-0.2, 0) is 9.53 Å². The summed E-state index contributed by atoms with van der Waals surface area (Å²) in [5.41, 5.74) is 1.04. The van der Waals surface area contributed by atoms with Crippen LogP contribution < -0.4 is 5.32 Å². The molecule has 15 heavy (non-hydrogen) atoms. The molecule has 0 unspecified atom stereocenters. The molecule has 0 saturated heterocycles. The fourth-order valence-electron chi connectivity index (χ4n) is 1.16. The highest BCUT2D eigenvalue weighted by atomic mass is 79.9. The first-order chi connectivity index (χ1) is 7.24. The molecule has 0 amide bonds. The maximum absolute atomic E-state index is 10.8. The third kappa shape index (κ3) is 4.34. The van der Waals surface area contributed by atoms with E-state index in [1.807, 2.05) is 24.3 Å². The molecule has 1 aromatic rings. The molecule has 4 heteroatoms. The van der Waals surface area contributed by atoms with Gasteiger partial charge in [-0.2, -0.15) is 0 Å². The lowest BCUT2D eigenvalue weighted by Crippen LogP contribution is -2.06. The Morgan fingerprint density at radius 2 is 2.20 bits per heavy atom. The molecular weight excluding hydrogens is 258 g/mol. The summed E-state index contributed by atoms with van der Waals surface area (Å²) in [6.45, 7) is 0.762. The van der Waals surface area contributed by atoms with Gasteiger partial charge in [0.1, 0.15) is 0 Å². The van der Waals surface area contributed by atoms with Gasteiger partial charge in [0, 0.05) is 23.1 Å². The molecule has 0 aliphatic carbocycles. The number of carbonyl (C=O) groups is 1. The first kappa shape index (κ1) is 12.0. The quantitative estimate of drug-likeness (QED) is 0.661. The summed E-state index contributed by atoms with van der Waals surface area (Å²) < 4.78 is 5.58. The maximum Gasteiger partial charge on any atom is 0.305 e. The summed E-state index contributed by atoms with van der Waals surface area (Å²) in [6, 6.07) is 7.89. The van der Waals surface area contributed by atoms with Crippen molar-refractivity contribution in [1.82, 2.24) is 0 Å². The SMILES string of the molecule is COC(=O)CCCNc1ccccc1Br. The van der Waals surface area contributed by atoms with Gasteiger partial charge < -0.3 is 10.1 Å². The lowest BCUT2D eigenvalue weighted by Gasteiger charge is -2.07. The van der Waals surface area contributed by atoms with Gasteiger partial charge in [0.05, 0.1) is 7.11 Å². The topological polar surface area (TPSA) is 38.3 Å². The molecule has 82 valence electrons. The number of rotatable bonds is 5. The Morgan fingerprint density at radius 3 is 2.87 bits per heavy atom. The van der Waals surface area contributed by atoms with Gasteiger partial charge in [0.25, 0.3) is 0 Å². The number of esters is 1. The van der Waals surface area contributed by atoms with Crippen molar-refractivity contribution < 1.29 is 9.53 Å². The first-order valence-electron chi connectivity index (χ1n) is 4.79. The number of halogens is 1. The lowest BCUT2D eigenvalue weighted by molar-refractivity contribution is -0.140. The van der Waals surface area contributed by atoms with Crippen LogP contribution >= 0.6 is 15.9 Å². The van der Waals surface area contributed by atoms with E-state index in [4.69, 9.17) is 0 Å². The zero-order valence-corrected chi connectivity index (χ0v) is 10.2. The first-order valence-corrected chi connectivity index (χ1v) is 5.58. The molecule has 1 aromatic carbocycles. The Balaban J connectivity index is 2.26. The molecule has 1 N–H and O–H groups in total. The van der Waals surface area contributed by atoms with Crippen LogP contribution in [0.3, 0.4) is 0 Å². The minimum Gasteiger partial charge on any atom is -0.469 e. The number of hydrogen-bond acceptors (Lipinski definition) is 3. The van der Waals surface area contributed by atoms with E-state index in [1.54, 1.807) is 0 Å². The van der Waals surface area contributed by atoms with E-state index in [9.17, 15) is 4.79 Å². The van der Waals surface area contributed by atoms with Crippen LogP contribution in [0.15, 0.2) is 28.7 Å². The van der Waals surface area contributed by atoms with E-state index >= 15 is 0 Å². The zero-order valence-electron chi connectivity index (χ0n) is 8.63. The smallest absolute Gasteiger partial charge is 0.305 e. The molecule has 0 bridgehead atoms. The Morgan fingerprint density at radius 1 is 1.47 bits per heavy atom. The maximum atomic E-state index is 10.8. The Labute approximate surface area is 97.9 Å². The van der Waals surface area contributed by atoms with Gasteiger partial charge in [0.15, 0.2) is 0 Å². The summed E-state index contributed by atoms with van der Waals surface area (Å²) in [6.07, 6.45) is 1.22. The molecular formula is C11H14BrNO2. The predicted molar refractivity (Wildman–Crippen MR) is 63.9 cm³/mol. The number of benzene rings is 1. The molecule has 0 atom stereocenters. The van der Waals surface area contributed by atoms with Crippen LogP contribution in [0, 0.1) is 0 Å². The van der Waals surface area contributed by atoms with Crippen LogP contribution in [0.1, 0.15) is 12.8 Å². The van der Waals surface area contributed by atoms with E-state index in [0.29, 0.717) is 6.42 Å². The summed E-state index contributed by atoms with van der Waals surface area (Å²) in [7, 11) is 1.41. The summed E-state index contributed by atoms with van der Waals surface area (Å²) >= 11 is 3.44. The number of hydrogen-bond donors (Lipinski definition) is 1. The Hall–Kier alpha value is -1.03. The van der Waals surface area contributed by atoms with Gasteiger partial charge in [-0.1, -0.05) is 12.1 Å². The number of para-hydroxylation sites is 1. The van der Waals surface area contributed by atoms with Crippen LogP contribution in [0.4, 0.5) is 5.69 Å². The van der Waals surface area contributed by atoms with Crippen LogP contribution in [0.25, 0.3) is 0 Å². The van der Waals surface area contributed by atoms with Crippen molar-refractivity contribution >= 4 is 27.6 Å².